The van der Waals surface area contributed by atoms with E-state index in [9.17, 15) is 9.59 Å². The van der Waals surface area contributed by atoms with Crippen LogP contribution in [0.15, 0.2) is 36.5 Å². The topological polar surface area (TPSA) is 74.3 Å². The Kier molecular flexibility index (Phi) is 7.56. The van der Waals surface area contributed by atoms with Crippen molar-refractivity contribution in [1.82, 2.24) is 10.3 Å². The highest BCUT2D eigenvalue weighted by Crippen LogP contribution is 2.22. The number of anilines is 2. The number of nitrogens with zero attached hydrogens (tertiary/aromatic N) is 2. The predicted octanol–water partition coefficient (Wildman–Crippen LogP) is 4.77. The van der Waals surface area contributed by atoms with E-state index in [4.69, 9.17) is 23.2 Å². The summed E-state index contributed by atoms with van der Waals surface area (Å²) in [5.74, 6) is -0.0823. The van der Waals surface area contributed by atoms with Gasteiger partial charge in [-0.15, -0.1) is 0 Å². The average molecular weight is 449 g/mol. The fraction of sp³-hybridized carbons (Fsp3) is 0.409. The zero-order valence-corrected chi connectivity index (χ0v) is 18.6. The van der Waals surface area contributed by atoms with Crippen molar-refractivity contribution in [3.8, 4) is 0 Å². The van der Waals surface area contributed by atoms with Gasteiger partial charge in [0.15, 0.2) is 0 Å². The average Bonchev–Trinajstić information content (AvgIpc) is 3.22. The lowest BCUT2D eigenvalue weighted by Crippen LogP contribution is -2.44. The Balaban J connectivity index is 1.68. The molecule has 2 aromatic rings. The monoisotopic (exact) mass is 448 g/mol. The highest BCUT2D eigenvalue weighted by molar-refractivity contribution is 6.36. The quantitative estimate of drug-likeness (QED) is 0.639. The van der Waals surface area contributed by atoms with Gasteiger partial charge < -0.3 is 15.5 Å². The summed E-state index contributed by atoms with van der Waals surface area (Å²) in [6.07, 6.45) is 4.62. The van der Waals surface area contributed by atoms with Crippen molar-refractivity contribution in [3.63, 3.8) is 0 Å². The highest BCUT2D eigenvalue weighted by Gasteiger charge is 2.24. The van der Waals surface area contributed by atoms with Crippen LogP contribution in [0.4, 0.5) is 11.5 Å². The van der Waals surface area contributed by atoms with Gasteiger partial charge in [-0.2, -0.15) is 0 Å². The molecule has 0 radical (unpaired) electrons. The molecule has 2 N–H and O–H groups in total. The lowest BCUT2D eigenvalue weighted by Gasteiger charge is -2.21. The summed E-state index contributed by atoms with van der Waals surface area (Å²) in [6.45, 7) is 6.04. The molecule has 30 heavy (non-hydrogen) atoms. The lowest BCUT2D eigenvalue weighted by atomic mass is 10.0. The van der Waals surface area contributed by atoms with Gasteiger partial charge in [0.2, 0.25) is 5.91 Å². The SMILES string of the molecule is CC(C)CC(NC(=O)c1ccc(Cl)cc1Cl)C(=O)Nc1ccc(N2CCCC2)cn1. The molecule has 6 nitrogen and oxygen atoms in total. The summed E-state index contributed by atoms with van der Waals surface area (Å²) in [4.78, 5) is 32.2. The van der Waals surface area contributed by atoms with Gasteiger partial charge in [-0.25, -0.2) is 4.98 Å². The summed E-state index contributed by atoms with van der Waals surface area (Å²) >= 11 is 12.0. The Morgan fingerprint density at radius 3 is 2.47 bits per heavy atom. The van der Waals surface area contributed by atoms with E-state index >= 15 is 0 Å². The second kappa shape index (κ2) is 10.1. The summed E-state index contributed by atoms with van der Waals surface area (Å²) in [6, 6.07) is 7.66. The Hall–Kier alpha value is -2.31. The summed E-state index contributed by atoms with van der Waals surface area (Å²) in [7, 11) is 0. The van der Waals surface area contributed by atoms with Crippen molar-refractivity contribution in [1.29, 1.82) is 0 Å². The molecular weight excluding hydrogens is 423 g/mol. The fourth-order valence-electron chi connectivity index (χ4n) is 3.45. The second-order valence-corrected chi connectivity index (χ2v) is 8.71. The predicted molar refractivity (Wildman–Crippen MR) is 121 cm³/mol. The van der Waals surface area contributed by atoms with Gasteiger partial charge in [-0.3, -0.25) is 9.59 Å². The minimum Gasteiger partial charge on any atom is -0.370 e. The van der Waals surface area contributed by atoms with Crippen LogP contribution >= 0.6 is 23.2 Å². The van der Waals surface area contributed by atoms with E-state index in [0.29, 0.717) is 17.3 Å². The van der Waals surface area contributed by atoms with Crippen LogP contribution in [-0.2, 0) is 4.79 Å². The van der Waals surface area contributed by atoms with E-state index in [1.165, 1.54) is 18.9 Å². The number of pyridine rings is 1. The number of rotatable bonds is 7. The van der Waals surface area contributed by atoms with Gasteiger partial charge in [0.25, 0.3) is 5.91 Å². The van der Waals surface area contributed by atoms with E-state index in [0.717, 1.165) is 18.8 Å². The van der Waals surface area contributed by atoms with Crippen LogP contribution in [0.2, 0.25) is 10.0 Å². The van der Waals surface area contributed by atoms with Crippen molar-refractivity contribution >= 4 is 46.5 Å². The number of carbonyl (C=O) groups is 2. The maximum absolute atomic E-state index is 12.9. The molecule has 1 aromatic carbocycles. The van der Waals surface area contributed by atoms with Crippen molar-refractivity contribution in [2.75, 3.05) is 23.3 Å². The molecule has 0 spiro atoms. The Labute approximate surface area is 187 Å². The normalized spacial score (nSPS) is 14.6. The first kappa shape index (κ1) is 22.4. The molecule has 1 atom stereocenters. The van der Waals surface area contributed by atoms with Gasteiger partial charge >= 0.3 is 0 Å². The second-order valence-electron chi connectivity index (χ2n) is 7.86. The van der Waals surface area contributed by atoms with E-state index < -0.39 is 11.9 Å². The number of aromatic nitrogens is 1. The Morgan fingerprint density at radius 1 is 1.13 bits per heavy atom. The van der Waals surface area contributed by atoms with Gasteiger partial charge in [-0.1, -0.05) is 37.0 Å². The molecule has 0 aliphatic carbocycles. The molecule has 0 saturated carbocycles. The standard InChI is InChI=1S/C22H26Cl2N4O2/c1-14(2)11-19(26-21(29)17-7-5-15(23)12-18(17)24)22(30)27-20-8-6-16(13-25-20)28-9-3-4-10-28/h5-8,12-14,19H,3-4,9-11H2,1-2H3,(H,26,29)(H,25,27,30). The molecule has 1 aliphatic heterocycles. The maximum Gasteiger partial charge on any atom is 0.253 e. The number of amides is 2. The van der Waals surface area contributed by atoms with E-state index in [2.05, 4.69) is 20.5 Å². The number of nitrogens with one attached hydrogen (secondary N) is 2. The minimum absolute atomic E-state index is 0.201. The largest absolute Gasteiger partial charge is 0.370 e. The van der Waals surface area contributed by atoms with Crippen molar-refractivity contribution in [2.45, 2.75) is 39.2 Å². The molecule has 3 rings (SSSR count). The van der Waals surface area contributed by atoms with Gasteiger partial charge in [0.05, 0.1) is 22.5 Å². The van der Waals surface area contributed by atoms with Crippen molar-refractivity contribution in [3.05, 3.63) is 52.1 Å². The molecule has 160 valence electrons. The van der Waals surface area contributed by atoms with Gasteiger partial charge in [0, 0.05) is 18.1 Å². The molecular formula is C22H26Cl2N4O2. The minimum atomic E-state index is -0.718. The summed E-state index contributed by atoms with van der Waals surface area (Å²) < 4.78 is 0. The molecule has 1 aromatic heterocycles. The molecule has 1 saturated heterocycles. The van der Waals surface area contributed by atoms with Crippen molar-refractivity contribution in [2.24, 2.45) is 5.92 Å². The number of benzene rings is 1. The van der Waals surface area contributed by atoms with Gasteiger partial charge in [0.1, 0.15) is 11.9 Å². The van der Waals surface area contributed by atoms with E-state index in [-0.39, 0.29) is 22.4 Å². The molecule has 2 heterocycles. The van der Waals surface area contributed by atoms with Crippen LogP contribution in [0, 0.1) is 5.92 Å². The number of hydrogen-bond donors (Lipinski definition) is 2. The van der Waals surface area contributed by atoms with Crippen LogP contribution in [0.5, 0.6) is 0 Å². The van der Waals surface area contributed by atoms with Crippen molar-refractivity contribution < 1.29 is 9.59 Å². The first-order valence-corrected chi connectivity index (χ1v) is 10.9. The van der Waals surface area contributed by atoms with E-state index in [1.54, 1.807) is 24.4 Å². The molecule has 1 unspecified atom stereocenters. The summed E-state index contributed by atoms with van der Waals surface area (Å²) in [5.41, 5.74) is 1.32. The third-order valence-corrected chi connectivity index (χ3v) is 5.52. The lowest BCUT2D eigenvalue weighted by molar-refractivity contribution is -0.118. The number of carbonyl (C=O) groups excluding carboxylic acids is 2. The zero-order chi connectivity index (χ0) is 21.7. The van der Waals surface area contributed by atoms with Crippen LogP contribution in [0.3, 0.4) is 0 Å². The molecule has 1 aliphatic rings. The van der Waals surface area contributed by atoms with Crippen LogP contribution in [0.1, 0.15) is 43.5 Å². The fourth-order valence-corrected chi connectivity index (χ4v) is 3.94. The molecule has 0 bridgehead atoms. The zero-order valence-electron chi connectivity index (χ0n) is 17.1. The van der Waals surface area contributed by atoms with Crippen LogP contribution in [-0.4, -0.2) is 35.9 Å². The molecule has 1 fully saturated rings. The smallest absolute Gasteiger partial charge is 0.253 e. The van der Waals surface area contributed by atoms with Crippen LogP contribution < -0.4 is 15.5 Å². The number of halogens is 2. The van der Waals surface area contributed by atoms with Crippen LogP contribution in [0.25, 0.3) is 0 Å². The number of hydrogen-bond acceptors (Lipinski definition) is 4. The molecule has 8 heteroatoms. The molecule has 2 amide bonds. The maximum atomic E-state index is 12.9. The first-order chi connectivity index (χ1) is 14.3. The third kappa shape index (κ3) is 5.86. The highest BCUT2D eigenvalue weighted by atomic mass is 35.5. The summed E-state index contributed by atoms with van der Waals surface area (Å²) in [5, 5.41) is 6.27. The van der Waals surface area contributed by atoms with E-state index in [1.807, 2.05) is 19.9 Å². The van der Waals surface area contributed by atoms with Gasteiger partial charge in [-0.05, 0) is 55.5 Å². The first-order valence-electron chi connectivity index (χ1n) is 10.1. The Bertz CT molecular complexity index is 897. The Morgan fingerprint density at radius 2 is 1.87 bits per heavy atom. The third-order valence-electron chi connectivity index (χ3n) is 4.98.